The van der Waals surface area contributed by atoms with Gasteiger partial charge < -0.3 is 10.1 Å². The van der Waals surface area contributed by atoms with Gasteiger partial charge in [-0.15, -0.1) is 0 Å². The lowest BCUT2D eigenvalue weighted by Crippen LogP contribution is -2.39. The van der Waals surface area contributed by atoms with Crippen LogP contribution in [-0.4, -0.2) is 50.3 Å². The SMILES string of the molecule is CCN(CCC1CCCN1)C(C)COC. The van der Waals surface area contributed by atoms with E-state index in [1.54, 1.807) is 7.11 Å². The van der Waals surface area contributed by atoms with Gasteiger partial charge >= 0.3 is 0 Å². The molecule has 0 saturated carbocycles. The van der Waals surface area contributed by atoms with Crippen LogP contribution < -0.4 is 5.32 Å². The molecule has 1 aliphatic rings. The van der Waals surface area contributed by atoms with E-state index in [9.17, 15) is 0 Å². The largest absolute Gasteiger partial charge is 0.383 e. The van der Waals surface area contributed by atoms with Crippen LogP contribution in [0.25, 0.3) is 0 Å². The zero-order valence-corrected chi connectivity index (χ0v) is 10.5. The van der Waals surface area contributed by atoms with Gasteiger partial charge in [-0.2, -0.15) is 0 Å². The van der Waals surface area contributed by atoms with E-state index >= 15 is 0 Å². The van der Waals surface area contributed by atoms with Gasteiger partial charge in [0.2, 0.25) is 0 Å². The molecule has 90 valence electrons. The van der Waals surface area contributed by atoms with Crippen molar-refractivity contribution in [3.05, 3.63) is 0 Å². The van der Waals surface area contributed by atoms with Crippen molar-refractivity contribution in [2.45, 2.75) is 45.2 Å². The zero-order chi connectivity index (χ0) is 11.1. The van der Waals surface area contributed by atoms with Crippen LogP contribution in [0, 0.1) is 0 Å². The highest BCUT2D eigenvalue weighted by atomic mass is 16.5. The molecule has 1 fully saturated rings. The third kappa shape index (κ3) is 4.49. The van der Waals surface area contributed by atoms with Crippen molar-refractivity contribution in [3.8, 4) is 0 Å². The summed E-state index contributed by atoms with van der Waals surface area (Å²) in [5, 5.41) is 3.55. The summed E-state index contributed by atoms with van der Waals surface area (Å²) in [5.74, 6) is 0. The van der Waals surface area contributed by atoms with Gasteiger partial charge in [-0.1, -0.05) is 6.92 Å². The van der Waals surface area contributed by atoms with E-state index in [4.69, 9.17) is 4.74 Å². The summed E-state index contributed by atoms with van der Waals surface area (Å²) in [6.07, 6.45) is 3.99. The molecule has 0 radical (unpaired) electrons. The Balaban J connectivity index is 2.19. The van der Waals surface area contributed by atoms with Crippen molar-refractivity contribution in [1.82, 2.24) is 10.2 Å². The van der Waals surface area contributed by atoms with Crippen molar-refractivity contribution < 1.29 is 4.74 Å². The molecule has 3 heteroatoms. The summed E-state index contributed by atoms with van der Waals surface area (Å²) in [4.78, 5) is 2.50. The van der Waals surface area contributed by atoms with Crippen LogP contribution in [0.15, 0.2) is 0 Å². The molecule has 1 rings (SSSR count). The monoisotopic (exact) mass is 214 g/mol. The number of nitrogens with zero attached hydrogens (tertiary/aromatic N) is 1. The summed E-state index contributed by atoms with van der Waals surface area (Å²) in [6, 6.07) is 1.30. The molecule has 0 aromatic rings. The molecule has 0 bridgehead atoms. The van der Waals surface area contributed by atoms with Crippen molar-refractivity contribution in [1.29, 1.82) is 0 Å². The second-order valence-corrected chi connectivity index (χ2v) is 4.51. The molecule has 2 unspecified atom stereocenters. The van der Waals surface area contributed by atoms with E-state index in [2.05, 4.69) is 24.1 Å². The number of rotatable bonds is 7. The maximum Gasteiger partial charge on any atom is 0.0615 e. The minimum atomic E-state index is 0.543. The Morgan fingerprint density at radius 1 is 1.53 bits per heavy atom. The van der Waals surface area contributed by atoms with E-state index in [-0.39, 0.29) is 0 Å². The highest BCUT2D eigenvalue weighted by Gasteiger charge is 2.17. The maximum atomic E-state index is 5.20. The fourth-order valence-electron chi connectivity index (χ4n) is 2.36. The Kier molecular flexibility index (Phi) is 6.22. The number of nitrogens with one attached hydrogen (secondary N) is 1. The summed E-state index contributed by atoms with van der Waals surface area (Å²) < 4.78 is 5.20. The number of hydrogen-bond acceptors (Lipinski definition) is 3. The molecule has 0 aromatic heterocycles. The smallest absolute Gasteiger partial charge is 0.0615 e. The van der Waals surface area contributed by atoms with Crippen LogP contribution in [0.1, 0.15) is 33.1 Å². The molecule has 1 aliphatic heterocycles. The molecule has 1 heterocycles. The molecule has 0 aromatic carbocycles. The molecule has 2 atom stereocenters. The van der Waals surface area contributed by atoms with E-state index in [0.717, 1.165) is 19.2 Å². The number of hydrogen-bond donors (Lipinski definition) is 1. The fraction of sp³-hybridized carbons (Fsp3) is 1.00. The molecule has 0 spiro atoms. The van der Waals surface area contributed by atoms with E-state index in [1.807, 2.05) is 0 Å². The highest BCUT2D eigenvalue weighted by Crippen LogP contribution is 2.10. The Hall–Kier alpha value is -0.120. The average Bonchev–Trinajstić information content (AvgIpc) is 2.72. The standard InChI is InChI=1S/C12H26N2O/c1-4-14(11(2)10-15-3)9-7-12-6-5-8-13-12/h11-13H,4-10H2,1-3H3. The Bertz CT molecular complexity index is 158. The van der Waals surface area contributed by atoms with Crippen LogP contribution >= 0.6 is 0 Å². The first-order chi connectivity index (χ1) is 7.27. The lowest BCUT2D eigenvalue weighted by atomic mass is 10.1. The topological polar surface area (TPSA) is 24.5 Å². The van der Waals surface area contributed by atoms with Gasteiger partial charge in [-0.3, -0.25) is 4.90 Å². The fourth-order valence-corrected chi connectivity index (χ4v) is 2.36. The van der Waals surface area contributed by atoms with Gasteiger partial charge in [0.1, 0.15) is 0 Å². The normalized spacial score (nSPS) is 23.6. The lowest BCUT2D eigenvalue weighted by Gasteiger charge is -2.28. The van der Waals surface area contributed by atoms with Gasteiger partial charge in [0.25, 0.3) is 0 Å². The summed E-state index contributed by atoms with van der Waals surface area (Å²) in [5.41, 5.74) is 0. The predicted octanol–water partition coefficient (Wildman–Crippen LogP) is 1.49. The molecule has 1 saturated heterocycles. The molecular weight excluding hydrogens is 188 g/mol. The van der Waals surface area contributed by atoms with Gasteiger partial charge in [0, 0.05) is 19.2 Å². The van der Waals surface area contributed by atoms with Crippen LogP contribution in [-0.2, 0) is 4.74 Å². The van der Waals surface area contributed by atoms with Crippen LogP contribution in [0.4, 0.5) is 0 Å². The number of methoxy groups -OCH3 is 1. The Morgan fingerprint density at radius 2 is 2.33 bits per heavy atom. The van der Waals surface area contributed by atoms with E-state index < -0.39 is 0 Å². The predicted molar refractivity (Wildman–Crippen MR) is 64.2 cm³/mol. The minimum Gasteiger partial charge on any atom is -0.383 e. The number of ether oxygens (including phenoxy) is 1. The molecule has 0 amide bonds. The quantitative estimate of drug-likeness (QED) is 0.695. The average molecular weight is 214 g/mol. The van der Waals surface area contributed by atoms with Crippen molar-refractivity contribution in [2.75, 3.05) is 33.4 Å². The zero-order valence-electron chi connectivity index (χ0n) is 10.5. The summed E-state index contributed by atoms with van der Waals surface area (Å²) in [6.45, 7) is 8.84. The van der Waals surface area contributed by atoms with Crippen LogP contribution in [0.2, 0.25) is 0 Å². The van der Waals surface area contributed by atoms with E-state index in [1.165, 1.54) is 32.4 Å². The first kappa shape index (κ1) is 12.9. The second-order valence-electron chi connectivity index (χ2n) is 4.51. The second kappa shape index (κ2) is 7.20. The molecule has 15 heavy (non-hydrogen) atoms. The highest BCUT2D eigenvalue weighted by molar-refractivity contribution is 4.76. The lowest BCUT2D eigenvalue weighted by molar-refractivity contribution is 0.100. The third-order valence-electron chi connectivity index (χ3n) is 3.36. The third-order valence-corrected chi connectivity index (χ3v) is 3.36. The first-order valence-corrected chi connectivity index (χ1v) is 6.24. The molecule has 0 aliphatic carbocycles. The molecule has 1 N–H and O–H groups in total. The van der Waals surface area contributed by atoms with Crippen molar-refractivity contribution in [2.24, 2.45) is 0 Å². The Morgan fingerprint density at radius 3 is 2.87 bits per heavy atom. The van der Waals surface area contributed by atoms with Gasteiger partial charge in [0.05, 0.1) is 6.61 Å². The van der Waals surface area contributed by atoms with Crippen molar-refractivity contribution in [3.63, 3.8) is 0 Å². The van der Waals surface area contributed by atoms with Crippen molar-refractivity contribution >= 4 is 0 Å². The van der Waals surface area contributed by atoms with Gasteiger partial charge in [0.15, 0.2) is 0 Å². The minimum absolute atomic E-state index is 0.543. The summed E-state index contributed by atoms with van der Waals surface area (Å²) >= 11 is 0. The van der Waals surface area contributed by atoms with Crippen LogP contribution in [0.3, 0.4) is 0 Å². The Labute approximate surface area is 94.2 Å². The number of likely N-dealkylation sites (N-methyl/N-ethyl adjacent to an activating group) is 1. The summed E-state index contributed by atoms with van der Waals surface area (Å²) in [7, 11) is 1.78. The van der Waals surface area contributed by atoms with Gasteiger partial charge in [-0.25, -0.2) is 0 Å². The van der Waals surface area contributed by atoms with Gasteiger partial charge in [-0.05, 0) is 45.8 Å². The maximum absolute atomic E-state index is 5.20. The molecule has 3 nitrogen and oxygen atoms in total. The first-order valence-electron chi connectivity index (χ1n) is 6.24. The molecular formula is C12H26N2O. The van der Waals surface area contributed by atoms with E-state index in [0.29, 0.717) is 6.04 Å². The van der Waals surface area contributed by atoms with Crippen LogP contribution in [0.5, 0.6) is 0 Å².